The van der Waals surface area contributed by atoms with Gasteiger partial charge in [-0.25, -0.2) is 0 Å². The van der Waals surface area contributed by atoms with Crippen molar-refractivity contribution in [1.29, 1.82) is 0 Å². The zero-order valence-electron chi connectivity index (χ0n) is 22.4. The Morgan fingerprint density at radius 3 is 2.31 bits per heavy atom. The number of nitrogens with zero attached hydrogens (tertiary/aromatic N) is 1. The normalized spacial score (nSPS) is 15.2. The summed E-state index contributed by atoms with van der Waals surface area (Å²) in [5.74, 6) is 1.52. The van der Waals surface area contributed by atoms with Crippen molar-refractivity contribution < 1.29 is 9.53 Å². The maximum atomic E-state index is 13.0. The van der Waals surface area contributed by atoms with Crippen LogP contribution in [-0.4, -0.2) is 17.5 Å². The molecule has 4 rings (SSSR count). The number of pyridine rings is 1. The van der Waals surface area contributed by atoms with Gasteiger partial charge in [-0.2, -0.15) is 0 Å². The molecule has 1 aliphatic heterocycles. The predicted octanol–water partition coefficient (Wildman–Crippen LogP) is 7.70. The van der Waals surface area contributed by atoms with Gasteiger partial charge in [0.2, 0.25) is 5.91 Å². The SMILES string of the molecule is Cc1ccc(-c2c(C)c(NC(=O)CC(C)(C)C)c(C)c3c2OCC3c2ccc(C(C)C)cc2)nc1. The van der Waals surface area contributed by atoms with Crippen molar-refractivity contribution in [2.75, 3.05) is 11.9 Å². The van der Waals surface area contributed by atoms with Crippen LogP contribution in [0.2, 0.25) is 0 Å². The summed E-state index contributed by atoms with van der Waals surface area (Å²) in [6, 6.07) is 13.0. The molecule has 0 fully saturated rings. The Bertz CT molecular complexity index is 1230. The molecule has 1 aliphatic rings. The van der Waals surface area contributed by atoms with Crippen LogP contribution in [0.3, 0.4) is 0 Å². The summed E-state index contributed by atoms with van der Waals surface area (Å²) in [6.45, 7) is 17.5. The molecule has 35 heavy (non-hydrogen) atoms. The molecule has 0 aliphatic carbocycles. The number of carbonyl (C=O) groups excluding carboxylic acids is 1. The van der Waals surface area contributed by atoms with Gasteiger partial charge in [-0.1, -0.05) is 65.0 Å². The van der Waals surface area contributed by atoms with Crippen LogP contribution in [0.15, 0.2) is 42.6 Å². The Balaban J connectivity index is 1.87. The molecule has 1 unspecified atom stereocenters. The van der Waals surface area contributed by atoms with Crippen LogP contribution < -0.4 is 10.1 Å². The van der Waals surface area contributed by atoms with Gasteiger partial charge in [0, 0.05) is 35.3 Å². The molecule has 4 heteroatoms. The first-order valence-corrected chi connectivity index (χ1v) is 12.6. The molecular formula is C31H38N2O2. The van der Waals surface area contributed by atoms with Crippen molar-refractivity contribution >= 4 is 11.6 Å². The van der Waals surface area contributed by atoms with E-state index < -0.39 is 0 Å². The van der Waals surface area contributed by atoms with Gasteiger partial charge in [0.1, 0.15) is 5.75 Å². The lowest BCUT2D eigenvalue weighted by molar-refractivity contribution is -0.117. The fourth-order valence-electron chi connectivity index (χ4n) is 4.99. The molecule has 0 saturated carbocycles. The van der Waals surface area contributed by atoms with Gasteiger partial charge in [0.15, 0.2) is 0 Å². The Morgan fingerprint density at radius 2 is 1.74 bits per heavy atom. The van der Waals surface area contributed by atoms with Crippen LogP contribution >= 0.6 is 0 Å². The summed E-state index contributed by atoms with van der Waals surface area (Å²) < 4.78 is 6.41. The number of benzene rings is 2. The number of carbonyl (C=O) groups is 1. The largest absolute Gasteiger partial charge is 0.492 e. The summed E-state index contributed by atoms with van der Waals surface area (Å²) in [7, 11) is 0. The summed E-state index contributed by atoms with van der Waals surface area (Å²) in [5, 5.41) is 3.26. The Kier molecular flexibility index (Phi) is 6.77. The number of hydrogen-bond donors (Lipinski definition) is 1. The molecule has 2 heterocycles. The number of aromatic nitrogens is 1. The highest BCUT2D eigenvalue weighted by molar-refractivity contribution is 5.96. The highest BCUT2D eigenvalue weighted by Crippen LogP contribution is 2.50. The first-order chi connectivity index (χ1) is 16.5. The predicted molar refractivity (Wildman–Crippen MR) is 144 cm³/mol. The third kappa shape index (κ3) is 5.12. The number of amides is 1. The Labute approximate surface area is 210 Å². The fourth-order valence-corrected chi connectivity index (χ4v) is 4.99. The number of aryl methyl sites for hydroxylation is 1. The standard InChI is InChI=1S/C31H38N2O2/c1-18(2)22-10-12-23(13-11-22)24-17-35-30-27(24)20(4)29(33-26(34)15-31(6,7)8)21(5)28(30)25-14-9-19(3)16-32-25/h9-14,16,18,24H,15,17H2,1-8H3,(H,33,34). The van der Waals surface area contributed by atoms with E-state index in [1.165, 1.54) is 11.1 Å². The van der Waals surface area contributed by atoms with E-state index >= 15 is 0 Å². The van der Waals surface area contributed by atoms with Gasteiger partial charge in [0.25, 0.3) is 0 Å². The first-order valence-electron chi connectivity index (χ1n) is 12.6. The van der Waals surface area contributed by atoms with Crippen LogP contribution in [0, 0.1) is 26.2 Å². The molecule has 4 nitrogen and oxygen atoms in total. The lowest BCUT2D eigenvalue weighted by Gasteiger charge is -2.23. The van der Waals surface area contributed by atoms with Crippen molar-refractivity contribution in [3.63, 3.8) is 0 Å². The van der Waals surface area contributed by atoms with Crippen LogP contribution in [0.25, 0.3) is 11.3 Å². The third-order valence-corrected chi connectivity index (χ3v) is 6.87. The molecule has 0 radical (unpaired) electrons. The lowest BCUT2D eigenvalue weighted by Crippen LogP contribution is -2.21. The van der Waals surface area contributed by atoms with E-state index in [9.17, 15) is 4.79 Å². The second-order valence-electron chi connectivity index (χ2n) is 11.4. The van der Waals surface area contributed by atoms with E-state index in [4.69, 9.17) is 9.72 Å². The highest BCUT2D eigenvalue weighted by atomic mass is 16.5. The minimum atomic E-state index is -0.0895. The third-order valence-electron chi connectivity index (χ3n) is 6.87. The van der Waals surface area contributed by atoms with Crippen molar-refractivity contribution in [1.82, 2.24) is 4.98 Å². The maximum absolute atomic E-state index is 13.0. The van der Waals surface area contributed by atoms with E-state index in [0.717, 1.165) is 44.9 Å². The van der Waals surface area contributed by atoms with E-state index in [2.05, 4.69) is 84.1 Å². The average Bonchev–Trinajstić information content (AvgIpc) is 3.22. The van der Waals surface area contributed by atoms with Crippen LogP contribution in [-0.2, 0) is 4.79 Å². The number of rotatable bonds is 5. The molecule has 1 N–H and O–H groups in total. The zero-order valence-corrected chi connectivity index (χ0v) is 22.4. The second-order valence-corrected chi connectivity index (χ2v) is 11.4. The minimum absolute atomic E-state index is 0.0308. The Hall–Kier alpha value is -3.14. The second kappa shape index (κ2) is 9.49. The summed E-state index contributed by atoms with van der Waals surface area (Å²) in [5.41, 5.74) is 9.52. The topological polar surface area (TPSA) is 51.2 Å². The van der Waals surface area contributed by atoms with Gasteiger partial charge >= 0.3 is 0 Å². The van der Waals surface area contributed by atoms with Gasteiger partial charge in [-0.15, -0.1) is 0 Å². The van der Waals surface area contributed by atoms with Crippen LogP contribution in [0.5, 0.6) is 5.75 Å². The number of nitrogens with one attached hydrogen (secondary N) is 1. The van der Waals surface area contributed by atoms with Crippen molar-refractivity contribution in [2.45, 2.75) is 73.6 Å². The van der Waals surface area contributed by atoms with E-state index in [0.29, 0.717) is 18.9 Å². The molecule has 1 atom stereocenters. The van der Waals surface area contributed by atoms with Gasteiger partial charge in [0.05, 0.1) is 12.3 Å². The Morgan fingerprint density at radius 1 is 1.06 bits per heavy atom. The average molecular weight is 471 g/mol. The van der Waals surface area contributed by atoms with Crippen LogP contribution in [0.4, 0.5) is 5.69 Å². The van der Waals surface area contributed by atoms with Crippen molar-refractivity contribution in [3.05, 3.63) is 76.0 Å². The number of hydrogen-bond acceptors (Lipinski definition) is 3. The van der Waals surface area contributed by atoms with E-state index in [1.807, 2.05) is 19.2 Å². The lowest BCUT2D eigenvalue weighted by atomic mass is 9.84. The highest BCUT2D eigenvalue weighted by Gasteiger charge is 2.34. The van der Waals surface area contributed by atoms with Crippen molar-refractivity contribution in [2.24, 2.45) is 5.41 Å². The minimum Gasteiger partial charge on any atom is -0.492 e. The quantitative estimate of drug-likeness (QED) is 0.416. The monoisotopic (exact) mass is 470 g/mol. The fraction of sp³-hybridized carbons (Fsp3) is 0.419. The molecule has 184 valence electrons. The number of anilines is 1. The summed E-state index contributed by atoms with van der Waals surface area (Å²) >= 11 is 0. The van der Waals surface area contributed by atoms with E-state index in [1.54, 1.807) is 0 Å². The molecule has 1 amide bonds. The molecule has 0 spiro atoms. The molecule has 2 aromatic carbocycles. The van der Waals surface area contributed by atoms with Gasteiger partial charge in [-0.05, 0) is 66.0 Å². The molecule has 3 aromatic rings. The van der Waals surface area contributed by atoms with Crippen LogP contribution in [0.1, 0.15) is 86.3 Å². The first kappa shape index (κ1) is 25.0. The smallest absolute Gasteiger partial charge is 0.224 e. The van der Waals surface area contributed by atoms with Gasteiger partial charge < -0.3 is 10.1 Å². The number of ether oxygens (including phenoxy) is 1. The molecule has 1 aromatic heterocycles. The maximum Gasteiger partial charge on any atom is 0.224 e. The van der Waals surface area contributed by atoms with Gasteiger partial charge in [-0.3, -0.25) is 9.78 Å². The van der Waals surface area contributed by atoms with Crippen molar-refractivity contribution in [3.8, 4) is 17.0 Å². The molecule has 0 saturated heterocycles. The number of fused-ring (bicyclic) bond motifs is 1. The van der Waals surface area contributed by atoms with E-state index in [-0.39, 0.29) is 17.2 Å². The molecule has 0 bridgehead atoms. The summed E-state index contributed by atoms with van der Waals surface area (Å²) in [6.07, 6.45) is 2.34. The molecular weight excluding hydrogens is 432 g/mol. The summed E-state index contributed by atoms with van der Waals surface area (Å²) in [4.78, 5) is 17.8. The zero-order chi connectivity index (χ0) is 25.5.